The zero-order chi connectivity index (χ0) is 12.5. The van der Waals surface area contributed by atoms with Crippen LogP contribution in [-0.4, -0.2) is 43.1 Å². The number of rotatable bonds is 8. The summed E-state index contributed by atoms with van der Waals surface area (Å²) in [6, 6.07) is 5.76. The van der Waals surface area contributed by atoms with Gasteiger partial charge in [0.15, 0.2) is 0 Å². The number of hydrogen-bond acceptors (Lipinski definition) is 4. The summed E-state index contributed by atoms with van der Waals surface area (Å²) >= 11 is 0. The maximum atomic E-state index is 12.6. The van der Waals surface area contributed by atoms with Gasteiger partial charge >= 0.3 is 0 Å². The third-order valence-corrected chi connectivity index (χ3v) is 2.25. The number of aliphatic hydroxyl groups is 2. The largest absolute Gasteiger partial charge is 0.394 e. The van der Waals surface area contributed by atoms with E-state index in [-0.39, 0.29) is 12.4 Å². The van der Waals surface area contributed by atoms with Crippen LogP contribution in [0.1, 0.15) is 11.7 Å². The van der Waals surface area contributed by atoms with Crippen LogP contribution in [0.25, 0.3) is 0 Å². The number of nitrogens with one attached hydrogen (secondary N) is 1. The summed E-state index contributed by atoms with van der Waals surface area (Å²) in [6.07, 6.45) is -0.659. The molecular formula is C12H18FNO3. The summed E-state index contributed by atoms with van der Waals surface area (Å²) in [5.74, 6) is -0.314. The summed E-state index contributed by atoms with van der Waals surface area (Å²) in [4.78, 5) is 0. The van der Waals surface area contributed by atoms with E-state index in [1.54, 1.807) is 12.1 Å². The fraction of sp³-hybridized carbons (Fsp3) is 0.500. The third-order valence-electron chi connectivity index (χ3n) is 2.25. The van der Waals surface area contributed by atoms with Crippen molar-refractivity contribution in [3.63, 3.8) is 0 Å². The fourth-order valence-electron chi connectivity index (χ4n) is 1.35. The Morgan fingerprint density at radius 2 is 1.94 bits per heavy atom. The van der Waals surface area contributed by atoms with Gasteiger partial charge in [0.1, 0.15) is 5.82 Å². The van der Waals surface area contributed by atoms with Crippen LogP contribution in [-0.2, 0) is 4.74 Å². The normalized spacial score (nSPS) is 12.6. The van der Waals surface area contributed by atoms with Gasteiger partial charge in [-0.2, -0.15) is 0 Å². The molecule has 96 valence electrons. The molecule has 17 heavy (non-hydrogen) atoms. The van der Waals surface area contributed by atoms with Crippen molar-refractivity contribution in [2.75, 3.05) is 32.9 Å². The van der Waals surface area contributed by atoms with Gasteiger partial charge in [0, 0.05) is 13.1 Å². The van der Waals surface area contributed by atoms with Crippen molar-refractivity contribution in [2.24, 2.45) is 0 Å². The number of hydrogen-bond donors (Lipinski definition) is 3. The second-order valence-corrected chi connectivity index (χ2v) is 3.61. The zero-order valence-corrected chi connectivity index (χ0v) is 9.60. The lowest BCUT2D eigenvalue weighted by Crippen LogP contribution is -2.25. The Hall–Kier alpha value is -1.01. The van der Waals surface area contributed by atoms with Crippen molar-refractivity contribution in [2.45, 2.75) is 6.10 Å². The molecule has 0 aromatic heterocycles. The quantitative estimate of drug-likeness (QED) is 0.580. The van der Waals surface area contributed by atoms with Crippen LogP contribution in [0.15, 0.2) is 24.3 Å². The molecule has 3 N–H and O–H groups in total. The molecule has 1 atom stereocenters. The van der Waals surface area contributed by atoms with Gasteiger partial charge in [0.25, 0.3) is 0 Å². The highest BCUT2D eigenvalue weighted by Gasteiger charge is 2.06. The average Bonchev–Trinajstić information content (AvgIpc) is 2.34. The topological polar surface area (TPSA) is 61.7 Å². The van der Waals surface area contributed by atoms with E-state index in [0.29, 0.717) is 31.9 Å². The van der Waals surface area contributed by atoms with Crippen LogP contribution in [0.4, 0.5) is 4.39 Å². The number of halogens is 1. The molecule has 4 nitrogen and oxygen atoms in total. The molecule has 1 aromatic rings. The molecule has 0 radical (unpaired) electrons. The molecule has 0 amide bonds. The summed E-state index contributed by atoms with van der Waals surface area (Å²) < 4.78 is 17.7. The highest BCUT2D eigenvalue weighted by molar-refractivity contribution is 5.18. The first-order valence-corrected chi connectivity index (χ1v) is 5.57. The van der Waals surface area contributed by atoms with Crippen LogP contribution in [0.2, 0.25) is 0 Å². The second-order valence-electron chi connectivity index (χ2n) is 3.61. The summed E-state index contributed by atoms with van der Waals surface area (Å²) in [5, 5.41) is 21.2. The maximum Gasteiger partial charge on any atom is 0.123 e. The lowest BCUT2D eigenvalue weighted by Gasteiger charge is -2.12. The Bertz CT molecular complexity index is 305. The standard InChI is InChI=1S/C12H18FNO3/c13-11-3-1-10(2-4-11)12(16)9-14-5-7-17-8-6-15/h1-4,12,14-16H,5-9H2. The van der Waals surface area contributed by atoms with Crippen LogP contribution in [0.5, 0.6) is 0 Å². The SMILES string of the molecule is OCCOCCNCC(O)c1ccc(F)cc1. The van der Waals surface area contributed by atoms with Crippen LogP contribution < -0.4 is 5.32 Å². The first-order valence-electron chi connectivity index (χ1n) is 5.57. The predicted octanol–water partition coefficient (Wildman–Crippen LogP) is 0.458. The summed E-state index contributed by atoms with van der Waals surface area (Å²) in [7, 11) is 0. The van der Waals surface area contributed by atoms with Crippen LogP contribution >= 0.6 is 0 Å². The van der Waals surface area contributed by atoms with E-state index in [0.717, 1.165) is 0 Å². The molecule has 0 fully saturated rings. The van der Waals surface area contributed by atoms with Crippen molar-refractivity contribution < 1.29 is 19.3 Å². The van der Waals surface area contributed by atoms with Crippen LogP contribution in [0.3, 0.4) is 0 Å². The van der Waals surface area contributed by atoms with Crippen molar-refractivity contribution >= 4 is 0 Å². The van der Waals surface area contributed by atoms with Gasteiger partial charge in [-0.15, -0.1) is 0 Å². The third kappa shape index (κ3) is 5.74. The molecule has 0 spiro atoms. The lowest BCUT2D eigenvalue weighted by atomic mass is 10.1. The first-order chi connectivity index (χ1) is 8.24. The van der Waals surface area contributed by atoms with E-state index in [1.165, 1.54) is 12.1 Å². The molecule has 0 aliphatic rings. The minimum Gasteiger partial charge on any atom is -0.394 e. The minimum absolute atomic E-state index is 0.0121. The van der Waals surface area contributed by atoms with Crippen molar-refractivity contribution in [1.29, 1.82) is 0 Å². The van der Waals surface area contributed by atoms with E-state index in [4.69, 9.17) is 9.84 Å². The Morgan fingerprint density at radius 3 is 2.59 bits per heavy atom. The van der Waals surface area contributed by atoms with Crippen LogP contribution in [0, 0.1) is 5.82 Å². The van der Waals surface area contributed by atoms with Gasteiger partial charge in [0.05, 0.1) is 25.9 Å². The van der Waals surface area contributed by atoms with Gasteiger partial charge in [-0.05, 0) is 17.7 Å². The lowest BCUT2D eigenvalue weighted by molar-refractivity contribution is 0.0910. The minimum atomic E-state index is -0.659. The Kier molecular flexibility index (Phi) is 6.73. The Balaban J connectivity index is 2.16. The molecule has 1 rings (SSSR count). The van der Waals surface area contributed by atoms with E-state index in [1.807, 2.05) is 0 Å². The number of benzene rings is 1. The number of aliphatic hydroxyl groups excluding tert-OH is 2. The average molecular weight is 243 g/mol. The van der Waals surface area contributed by atoms with Gasteiger partial charge in [-0.3, -0.25) is 0 Å². The monoisotopic (exact) mass is 243 g/mol. The molecular weight excluding hydrogens is 225 g/mol. The van der Waals surface area contributed by atoms with E-state index >= 15 is 0 Å². The predicted molar refractivity (Wildman–Crippen MR) is 62.1 cm³/mol. The zero-order valence-electron chi connectivity index (χ0n) is 9.60. The fourth-order valence-corrected chi connectivity index (χ4v) is 1.35. The molecule has 0 bridgehead atoms. The van der Waals surface area contributed by atoms with Crippen molar-refractivity contribution in [1.82, 2.24) is 5.32 Å². The molecule has 0 heterocycles. The number of ether oxygens (including phenoxy) is 1. The second kappa shape index (κ2) is 8.14. The maximum absolute atomic E-state index is 12.6. The first kappa shape index (κ1) is 14.1. The van der Waals surface area contributed by atoms with Gasteiger partial charge in [-0.1, -0.05) is 12.1 Å². The molecule has 5 heteroatoms. The molecule has 0 saturated carbocycles. The van der Waals surface area contributed by atoms with Crippen molar-refractivity contribution in [3.05, 3.63) is 35.6 Å². The smallest absolute Gasteiger partial charge is 0.123 e. The Labute approximate surface area is 100 Å². The molecule has 1 aromatic carbocycles. The summed E-state index contributed by atoms with van der Waals surface area (Å²) in [5.41, 5.74) is 0.676. The van der Waals surface area contributed by atoms with E-state index in [2.05, 4.69) is 5.32 Å². The molecule has 0 aliphatic heterocycles. The van der Waals surface area contributed by atoms with Gasteiger partial charge in [0.2, 0.25) is 0 Å². The van der Waals surface area contributed by atoms with Crippen molar-refractivity contribution in [3.8, 4) is 0 Å². The van der Waals surface area contributed by atoms with Gasteiger partial charge in [-0.25, -0.2) is 4.39 Å². The van der Waals surface area contributed by atoms with Gasteiger partial charge < -0.3 is 20.3 Å². The molecule has 0 saturated heterocycles. The van der Waals surface area contributed by atoms with E-state index < -0.39 is 6.10 Å². The molecule has 1 unspecified atom stereocenters. The molecule has 0 aliphatic carbocycles. The highest BCUT2D eigenvalue weighted by atomic mass is 19.1. The highest BCUT2D eigenvalue weighted by Crippen LogP contribution is 2.11. The Morgan fingerprint density at radius 1 is 1.24 bits per heavy atom. The van der Waals surface area contributed by atoms with E-state index in [9.17, 15) is 9.50 Å². The summed E-state index contributed by atoms with van der Waals surface area (Å²) in [6.45, 7) is 1.80.